The van der Waals surface area contributed by atoms with E-state index in [4.69, 9.17) is 0 Å². The van der Waals surface area contributed by atoms with Crippen molar-refractivity contribution in [2.24, 2.45) is 0 Å². The minimum absolute atomic E-state index is 0.0609. The number of hydrogen-bond acceptors (Lipinski definition) is 3. The van der Waals surface area contributed by atoms with Crippen molar-refractivity contribution in [3.63, 3.8) is 0 Å². The van der Waals surface area contributed by atoms with Gasteiger partial charge in [0.2, 0.25) is 0 Å². The normalized spacial score (nSPS) is 13.7. The van der Waals surface area contributed by atoms with Crippen LogP contribution in [-0.4, -0.2) is 36.4 Å². The van der Waals surface area contributed by atoms with Gasteiger partial charge in [-0.2, -0.15) is 0 Å². The average molecular weight is 281 g/mol. The summed E-state index contributed by atoms with van der Waals surface area (Å²) in [4.78, 5) is 20.1. The SMILES string of the molecule is CN(C)C(=O)c1cc(N2CCc3ccccc3C2)ccn1. The van der Waals surface area contributed by atoms with Crippen LogP contribution in [0.25, 0.3) is 0 Å². The number of pyridine rings is 1. The number of fused-ring (bicyclic) bond motifs is 1. The molecule has 1 aromatic heterocycles. The second-order valence-electron chi connectivity index (χ2n) is 5.54. The second-order valence-corrected chi connectivity index (χ2v) is 5.54. The number of nitrogens with zero attached hydrogens (tertiary/aromatic N) is 3. The maximum atomic E-state index is 12.0. The average Bonchev–Trinajstić information content (AvgIpc) is 2.53. The molecule has 0 unspecified atom stereocenters. The van der Waals surface area contributed by atoms with E-state index in [0.29, 0.717) is 5.69 Å². The quantitative estimate of drug-likeness (QED) is 0.848. The van der Waals surface area contributed by atoms with Gasteiger partial charge in [0.15, 0.2) is 0 Å². The maximum Gasteiger partial charge on any atom is 0.272 e. The van der Waals surface area contributed by atoms with Crippen LogP contribution in [-0.2, 0) is 13.0 Å². The molecular weight excluding hydrogens is 262 g/mol. The number of hydrogen-bond donors (Lipinski definition) is 0. The van der Waals surface area contributed by atoms with Crippen LogP contribution in [0.2, 0.25) is 0 Å². The lowest BCUT2D eigenvalue weighted by Crippen LogP contribution is -2.31. The molecule has 1 aliphatic rings. The van der Waals surface area contributed by atoms with Crippen LogP contribution >= 0.6 is 0 Å². The molecule has 0 fully saturated rings. The summed E-state index contributed by atoms with van der Waals surface area (Å²) in [5, 5.41) is 0. The van der Waals surface area contributed by atoms with E-state index in [2.05, 4.69) is 34.1 Å². The van der Waals surface area contributed by atoms with E-state index >= 15 is 0 Å². The molecule has 0 aliphatic carbocycles. The molecule has 0 N–H and O–H groups in total. The van der Waals surface area contributed by atoms with Gasteiger partial charge in [0.1, 0.15) is 5.69 Å². The Kier molecular flexibility index (Phi) is 3.60. The highest BCUT2D eigenvalue weighted by Crippen LogP contribution is 2.24. The largest absolute Gasteiger partial charge is 0.367 e. The fraction of sp³-hybridized carbons (Fsp3) is 0.294. The van der Waals surface area contributed by atoms with Crippen molar-refractivity contribution in [1.82, 2.24) is 9.88 Å². The molecule has 0 bridgehead atoms. The van der Waals surface area contributed by atoms with Gasteiger partial charge >= 0.3 is 0 Å². The van der Waals surface area contributed by atoms with Crippen LogP contribution in [0.1, 0.15) is 21.6 Å². The third-order valence-corrected chi connectivity index (χ3v) is 3.86. The monoisotopic (exact) mass is 281 g/mol. The van der Waals surface area contributed by atoms with Crippen molar-refractivity contribution in [3.8, 4) is 0 Å². The lowest BCUT2D eigenvalue weighted by molar-refractivity contribution is 0.0822. The molecule has 21 heavy (non-hydrogen) atoms. The fourth-order valence-corrected chi connectivity index (χ4v) is 2.68. The van der Waals surface area contributed by atoms with Crippen LogP contribution in [0.4, 0.5) is 5.69 Å². The van der Waals surface area contributed by atoms with Gasteiger partial charge in [-0.15, -0.1) is 0 Å². The Morgan fingerprint density at radius 3 is 2.71 bits per heavy atom. The molecular formula is C17H19N3O. The molecule has 2 aromatic rings. The van der Waals surface area contributed by atoms with Crippen molar-refractivity contribution in [1.29, 1.82) is 0 Å². The van der Waals surface area contributed by atoms with Crippen LogP contribution in [0.5, 0.6) is 0 Å². The lowest BCUT2D eigenvalue weighted by Gasteiger charge is -2.30. The second kappa shape index (κ2) is 5.56. The molecule has 3 rings (SSSR count). The highest BCUT2D eigenvalue weighted by Gasteiger charge is 2.18. The van der Waals surface area contributed by atoms with Crippen molar-refractivity contribution in [3.05, 3.63) is 59.4 Å². The molecule has 0 atom stereocenters. The molecule has 0 spiro atoms. The molecule has 0 saturated heterocycles. The maximum absolute atomic E-state index is 12.0. The smallest absolute Gasteiger partial charge is 0.272 e. The number of anilines is 1. The zero-order valence-corrected chi connectivity index (χ0v) is 12.4. The molecule has 4 heteroatoms. The Labute approximate surface area is 125 Å². The van der Waals surface area contributed by atoms with E-state index in [1.165, 1.54) is 11.1 Å². The van der Waals surface area contributed by atoms with Crippen LogP contribution in [0.15, 0.2) is 42.6 Å². The highest BCUT2D eigenvalue weighted by molar-refractivity contribution is 5.92. The van der Waals surface area contributed by atoms with E-state index in [-0.39, 0.29) is 5.91 Å². The van der Waals surface area contributed by atoms with Crippen LogP contribution in [0, 0.1) is 0 Å². The van der Waals surface area contributed by atoms with E-state index in [0.717, 1.165) is 25.2 Å². The Morgan fingerprint density at radius 1 is 1.19 bits per heavy atom. The van der Waals surface area contributed by atoms with Gasteiger partial charge in [-0.25, -0.2) is 0 Å². The molecule has 0 radical (unpaired) electrons. The fourth-order valence-electron chi connectivity index (χ4n) is 2.68. The van der Waals surface area contributed by atoms with Crippen LogP contribution in [0.3, 0.4) is 0 Å². The number of carbonyl (C=O) groups is 1. The minimum Gasteiger partial charge on any atom is -0.367 e. The number of rotatable bonds is 2. The van der Waals surface area contributed by atoms with Gasteiger partial charge in [0, 0.05) is 39.1 Å². The van der Waals surface area contributed by atoms with Crippen molar-refractivity contribution in [2.75, 3.05) is 25.5 Å². The third-order valence-electron chi connectivity index (χ3n) is 3.86. The first kappa shape index (κ1) is 13.6. The highest BCUT2D eigenvalue weighted by atomic mass is 16.2. The van der Waals surface area contributed by atoms with Crippen LogP contribution < -0.4 is 4.90 Å². The summed E-state index contributed by atoms with van der Waals surface area (Å²) in [6, 6.07) is 12.4. The summed E-state index contributed by atoms with van der Waals surface area (Å²) in [7, 11) is 3.49. The first-order valence-corrected chi connectivity index (χ1v) is 7.14. The molecule has 2 heterocycles. The Morgan fingerprint density at radius 2 is 1.95 bits per heavy atom. The Balaban J connectivity index is 1.86. The predicted molar refractivity (Wildman–Crippen MR) is 83.5 cm³/mol. The van der Waals surface area contributed by atoms with Crippen molar-refractivity contribution >= 4 is 11.6 Å². The topological polar surface area (TPSA) is 36.4 Å². The van der Waals surface area contributed by atoms with Crippen molar-refractivity contribution in [2.45, 2.75) is 13.0 Å². The molecule has 1 amide bonds. The third kappa shape index (κ3) is 2.75. The summed E-state index contributed by atoms with van der Waals surface area (Å²) in [6.07, 6.45) is 2.75. The predicted octanol–water partition coefficient (Wildman–Crippen LogP) is 2.35. The summed E-state index contributed by atoms with van der Waals surface area (Å²) < 4.78 is 0. The summed E-state index contributed by atoms with van der Waals surface area (Å²) in [6.45, 7) is 1.85. The molecule has 108 valence electrons. The first-order chi connectivity index (χ1) is 10.1. The van der Waals surface area contributed by atoms with Gasteiger partial charge in [-0.3, -0.25) is 9.78 Å². The number of benzene rings is 1. The number of amides is 1. The van der Waals surface area contributed by atoms with E-state index in [9.17, 15) is 4.79 Å². The zero-order chi connectivity index (χ0) is 14.8. The lowest BCUT2D eigenvalue weighted by atomic mass is 9.99. The Bertz CT molecular complexity index is 667. The van der Waals surface area contributed by atoms with Gasteiger partial charge in [0.05, 0.1) is 0 Å². The standard InChI is InChI=1S/C17H19N3O/c1-19(2)17(21)16-11-15(7-9-18-16)20-10-8-13-5-3-4-6-14(13)12-20/h3-7,9,11H,8,10,12H2,1-2H3. The molecule has 1 aliphatic heterocycles. The first-order valence-electron chi connectivity index (χ1n) is 7.14. The van der Waals surface area contributed by atoms with Gasteiger partial charge in [-0.05, 0) is 29.7 Å². The number of aromatic nitrogens is 1. The van der Waals surface area contributed by atoms with E-state index in [1.807, 2.05) is 12.1 Å². The molecule has 4 nitrogen and oxygen atoms in total. The van der Waals surface area contributed by atoms with Gasteiger partial charge in [0.25, 0.3) is 5.91 Å². The minimum atomic E-state index is -0.0609. The molecule has 0 saturated carbocycles. The van der Waals surface area contributed by atoms with E-state index < -0.39 is 0 Å². The number of carbonyl (C=O) groups excluding carboxylic acids is 1. The summed E-state index contributed by atoms with van der Waals surface area (Å²) in [5.41, 5.74) is 4.34. The molecule has 1 aromatic carbocycles. The summed E-state index contributed by atoms with van der Waals surface area (Å²) in [5.74, 6) is -0.0609. The summed E-state index contributed by atoms with van der Waals surface area (Å²) >= 11 is 0. The zero-order valence-electron chi connectivity index (χ0n) is 12.4. The van der Waals surface area contributed by atoms with Gasteiger partial charge in [-0.1, -0.05) is 24.3 Å². The van der Waals surface area contributed by atoms with E-state index in [1.54, 1.807) is 25.2 Å². The van der Waals surface area contributed by atoms with Gasteiger partial charge < -0.3 is 9.80 Å². The van der Waals surface area contributed by atoms with Crippen molar-refractivity contribution < 1.29 is 4.79 Å². The Hall–Kier alpha value is -2.36.